The zero-order chi connectivity index (χ0) is 22.8. The fraction of sp³-hybridized carbons (Fsp3) is 0.154. The van der Waals surface area contributed by atoms with Crippen molar-refractivity contribution in [3.05, 3.63) is 100 Å². The lowest BCUT2D eigenvalue weighted by molar-refractivity contribution is -0.117. The fourth-order valence-electron chi connectivity index (χ4n) is 2.93. The maximum atomic E-state index is 12.4. The minimum absolute atomic E-state index is 0.0122. The van der Waals surface area contributed by atoms with E-state index >= 15 is 0 Å². The SMILES string of the molecule is CCOc1cc(/C=C(\C#N)C(=O)NCc2ccccc2)ccc1OCc1ccc(Cl)cc1. The highest BCUT2D eigenvalue weighted by Crippen LogP contribution is 2.30. The average molecular weight is 447 g/mol. The van der Waals surface area contributed by atoms with E-state index in [9.17, 15) is 10.1 Å². The van der Waals surface area contributed by atoms with Gasteiger partial charge in [0.2, 0.25) is 0 Å². The standard InChI is InChI=1S/C26H23ClN2O3/c1-2-31-25-15-21(10-13-24(25)32-18-20-8-11-23(27)12-9-20)14-22(16-28)26(30)29-17-19-6-4-3-5-7-19/h3-15H,2,17-18H2,1H3,(H,29,30)/b22-14+. The molecule has 0 fully saturated rings. The van der Waals surface area contributed by atoms with Crippen LogP contribution in [-0.2, 0) is 17.9 Å². The van der Waals surface area contributed by atoms with E-state index in [1.54, 1.807) is 18.2 Å². The number of carbonyl (C=O) groups excluding carboxylic acids is 1. The van der Waals surface area contributed by atoms with Crippen molar-refractivity contribution in [3.8, 4) is 17.6 Å². The Balaban J connectivity index is 1.72. The molecule has 0 aliphatic heterocycles. The van der Waals surface area contributed by atoms with Crippen LogP contribution in [0, 0.1) is 11.3 Å². The first-order valence-electron chi connectivity index (χ1n) is 10.2. The molecule has 0 saturated carbocycles. The molecule has 3 aromatic rings. The van der Waals surface area contributed by atoms with Gasteiger partial charge in [-0.15, -0.1) is 0 Å². The second-order valence-electron chi connectivity index (χ2n) is 6.89. The quantitative estimate of drug-likeness (QED) is 0.346. The molecule has 3 rings (SSSR count). The summed E-state index contributed by atoms with van der Waals surface area (Å²) in [6, 6.07) is 24.2. The Hall–Kier alpha value is -3.75. The number of nitriles is 1. The van der Waals surface area contributed by atoms with E-state index in [0.29, 0.717) is 41.8 Å². The number of hydrogen-bond acceptors (Lipinski definition) is 4. The molecule has 0 aromatic heterocycles. The summed E-state index contributed by atoms with van der Waals surface area (Å²) in [7, 11) is 0. The van der Waals surface area contributed by atoms with Gasteiger partial charge in [-0.3, -0.25) is 4.79 Å². The van der Waals surface area contributed by atoms with Gasteiger partial charge in [-0.05, 0) is 54.0 Å². The van der Waals surface area contributed by atoms with Crippen LogP contribution >= 0.6 is 11.6 Å². The van der Waals surface area contributed by atoms with E-state index in [-0.39, 0.29) is 5.57 Å². The topological polar surface area (TPSA) is 71.3 Å². The molecule has 3 aromatic carbocycles. The second kappa shape index (κ2) is 11.6. The molecule has 0 unspecified atom stereocenters. The summed E-state index contributed by atoms with van der Waals surface area (Å²) >= 11 is 5.92. The molecule has 1 N–H and O–H groups in total. The largest absolute Gasteiger partial charge is 0.490 e. The van der Waals surface area contributed by atoms with Crippen molar-refractivity contribution >= 4 is 23.6 Å². The van der Waals surface area contributed by atoms with Crippen LogP contribution in [0.3, 0.4) is 0 Å². The highest BCUT2D eigenvalue weighted by molar-refractivity contribution is 6.30. The Morgan fingerprint density at radius 2 is 1.75 bits per heavy atom. The van der Waals surface area contributed by atoms with Gasteiger partial charge >= 0.3 is 0 Å². The van der Waals surface area contributed by atoms with Crippen LogP contribution in [0.1, 0.15) is 23.6 Å². The van der Waals surface area contributed by atoms with Gasteiger partial charge in [0.05, 0.1) is 6.61 Å². The normalized spacial score (nSPS) is 10.8. The molecule has 0 heterocycles. The van der Waals surface area contributed by atoms with Crippen molar-refractivity contribution < 1.29 is 14.3 Å². The summed E-state index contributed by atoms with van der Waals surface area (Å²) in [5, 5.41) is 12.9. The number of rotatable bonds is 9. The maximum Gasteiger partial charge on any atom is 0.262 e. The molecule has 6 heteroatoms. The van der Waals surface area contributed by atoms with Crippen LogP contribution in [-0.4, -0.2) is 12.5 Å². The van der Waals surface area contributed by atoms with Crippen LogP contribution in [0.15, 0.2) is 78.4 Å². The van der Waals surface area contributed by atoms with Crippen molar-refractivity contribution in [2.24, 2.45) is 0 Å². The van der Waals surface area contributed by atoms with Gasteiger partial charge in [-0.25, -0.2) is 0 Å². The lowest BCUT2D eigenvalue weighted by Crippen LogP contribution is -2.23. The first-order chi connectivity index (χ1) is 15.6. The molecule has 0 bridgehead atoms. The number of benzene rings is 3. The number of amides is 1. The molecule has 1 amide bonds. The molecule has 5 nitrogen and oxygen atoms in total. The molecule has 0 aliphatic carbocycles. The molecule has 32 heavy (non-hydrogen) atoms. The maximum absolute atomic E-state index is 12.4. The fourth-order valence-corrected chi connectivity index (χ4v) is 3.06. The summed E-state index contributed by atoms with van der Waals surface area (Å²) in [4.78, 5) is 12.4. The average Bonchev–Trinajstić information content (AvgIpc) is 2.82. The number of carbonyl (C=O) groups is 1. The van der Waals surface area contributed by atoms with Gasteiger partial charge < -0.3 is 14.8 Å². The molecule has 0 radical (unpaired) electrons. The Kier molecular flexibility index (Phi) is 8.30. The van der Waals surface area contributed by atoms with E-state index in [4.69, 9.17) is 21.1 Å². The number of nitrogens with zero attached hydrogens (tertiary/aromatic N) is 1. The van der Waals surface area contributed by atoms with Crippen molar-refractivity contribution in [2.45, 2.75) is 20.1 Å². The third-order valence-electron chi connectivity index (χ3n) is 4.55. The summed E-state index contributed by atoms with van der Waals surface area (Å²) < 4.78 is 11.6. The Morgan fingerprint density at radius 3 is 2.44 bits per heavy atom. The van der Waals surface area contributed by atoms with E-state index < -0.39 is 5.91 Å². The van der Waals surface area contributed by atoms with E-state index in [0.717, 1.165) is 11.1 Å². The molecule has 0 atom stereocenters. The number of halogens is 1. The lowest BCUT2D eigenvalue weighted by atomic mass is 10.1. The van der Waals surface area contributed by atoms with Crippen LogP contribution in [0.25, 0.3) is 6.08 Å². The first kappa shape index (κ1) is 22.9. The van der Waals surface area contributed by atoms with Gasteiger partial charge in [0.25, 0.3) is 5.91 Å². The third-order valence-corrected chi connectivity index (χ3v) is 4.80. The summed E-state index contributed by atoms with van der Waals surface area (Å²) in [6.07, 6.45) is 1.53. The van der Waals surface area contributed by atoms with Gasteiger partial charge in [0.15, 0.2) is 11.5 Å². The Labute approximate surface area is 192 Å². The molecular formula is C26H23ClN2O3. The van der Waals surface area contributed by atoms with E-state index in [2.05, 4.69) is 5.32 Å². The summed E-state index contributed by atoms with van der Waals surface area (Å²) in [5.41, 5.74) is 2.61. The Morgan fingerprint density at radius 1 is 1.00 bits per heavy atom. The predicted molar refractivity (Wildman–Crippen MR) is 125 cm³/mol. The highest BCUT2D eigenvalue weighted by atomic mass is 35.5. The summed E-state index contributed by atoms with van der Waals surface area (Å²) in [6.45, 7) is 3.04. The monoisotopic (exact) mass is 446 g/mol. The first-order valence-corrected chi connectivity index (χ1v) is 10.5. The van der Waals surface area contributed by atoms with Gasteiger partial charge in [-0.2, -0.15) is 5.26 Å². The summed E-state index contributed by atoms with van der Waals surface area (Å²) in [5.74, 6) is 0.681. The van der Waals surface area contributed by atoms with E-state index in [1.165, 1.54) is 6.08 Å². The smallest absolute Gasteiger partial charge is 0.262 e. The molecule has 162 valence electrons. The van der Waals surface area contributed by atoms with Crippen molar-refractivity contribution in [2.75, 3.05) is 6.61 Å². The van der Waals surface area contributed by atoms with Crippen molar-refractivity contribution in [1.82, 2.24) is 5.32 Å². The minimum Gasteiger partial charge on any atom is -0.490 e. The zero-order valence-electron chi connectivity index (χ0n) is 17.7. The Bertz CT molecular complexity index is 1120. The number of ether oxygens (including phenoxy) is 2. The molecule has 0 spiro atoms. The predicted octanol–water partition coefficient (Wildman–Crippen LogP) is 5.54. The molecular weight excluding hydrogens is 424 g/mol. The van der Waals surface area contributed by atoms with Crippen molar-refractivity contribution in [3.63, 3.8) is 0 Å². The van der Waals surface area contributed by atoms with E-state index in [1.807, 2.05) is 67.6 Å². The van der Waals surface area contributed by atoms with Crippen LogP contribution in [0.2, 0.25) is 5.02 Å². The van der Waals surface area contributed by atoms with Crippen LogP contribution in [0.4, 0.5) is 0 Å². The second-order valence-corrected chi connectivity index (χ2v) is 7.33. The highest BCUT2D eigenvalue weighted by Gasteiger charge is 2.11. The molecule has 0 saturated heterocycles. The molecule has 0 aliphatic rings. The number of hydrogen-bond donors (Lipinski definition) is 1. The minimum atomic E-state index is -0.433. The van der Waals surface area contributed by atoms with Gasteiger partial charge in [0.1, 0.15) is 18.2 Å². The van der Waals surface area contributed by atoms with Crippen LogP contribution < -0.4 is 14.8 Å². The van der Waals surface area contributed by atoms with Crippen LogP contribution in [0.5, 0.6) is 11.5 Å². The van der Waals surface area contributed by atoms with Gasteiger partial charge in [0, 0.05) is 11.6 Å². The zero-order valence-corrected chi connectivity index (χ0v) is 18.4. The number of nitrogens with one attached hydrogen (secondary N) is 1. The van der Waals surface area contributed by atoms with Gasteiger partial charge in [-0.1, -0.05) is 60.1 Å². The lowest BCUT2D eigenvalue weighted by Gasteiger charge is -2.13. The third kappa shape index (κ3) is 6.63. The van der Waals surface area contributed by atoms with Crippen molar-refractivity contribution in [1.29, 1.82) is 5.26 Å².